The Kier molecular flexibility index (Phi) is 3.93. The monoisotopic (exact) mass is 265 g/mol. The highest BCUT2D eigenvalue weighted by Gasteiger charge is 2.35. The minimum atomic E-state index is -0.941. The fourth-order valence-electron chi connectivity index (χ4n) is 2.58. The number of nitrogens with zero attached hydrogens (tertiary/aromatic N) is 1. The second-order valence-electron chi connectivity index (χ2n) is 4.76. The summed E-state index contributed by atoms with van der Waals surface area (Å²) in [5, 5.41) is 9.11. The van der Waals surface area contributed by atoms with Crippen LogP contribution in [-0.4, -0.2) is 34.5 Å². The summed E-state index contributed by atoms with van der Waals surface area (Å²) >= 11 is 0. The van der Waals surface area contributed by atoms with Crippen molar-refractivity contribution in [1.29, 1.82) is 0 Å². The molecular formula is C14H19NO4. The van der Waals surface area contributed by atoms with E-state index in [9.17, 15) is 9.59 Å². The number of aryl methyl sites for hydroxylation is 2. The van der Waals surface area contributed by atoms with Gasteiger partial charge in [0.15, 0.2) is 5.76 Å². The van der Waals surface area contributed by atoms with Crippen LogP contribution in [0.1, 0.15) is 48.6 Å². The van der Waals surface area contributed by atoms with E-state index in [1.807, 2.05) is 13.8 Å². The first-order valence-corrected chi connectivity index (χ1v) is 6.73. The summed E-state index contributed by atoms with van der Waals surface area (Å²) < 4.78 is 5.57. The quantitative estimate of drug-likeness (QED) is 0.905. The van der Waals surface area contributed by atoms with Crippen LogP contribution in [0.5, 0.6) is 0 Å². The fourth-order valence-corrected chi connectivity index (χ4v) is 2.58. The molecule has 5 nitrogen and oxygen atoms in total. The summed E-state index contributed by atoms with van der Waals surface area (Å²) in [4.78, 5) is 24.8. The predicted molar refractivity (Wildman–Crippen MR) is 69.2 cm³/mol. The van der Waals surface area contributed by atoms with Gasteiger partial charge in [-0.3, -0.25) is 4.79 Å². The Morgan fingerprint density at radius 3 is 2.68 bits per heavy atom. The molecule has 1 amide bonds. The van der Waals surface area contributed by atoms with Gasteiger partial charge in [-0.25, -0.2) is 4.79 Å². The molecule has 0 radical (unpaired) electrons. The highest BCUT2D eigenvalue weighted by Crippen LogP contribution is 2.23. The lowest BCUT2D eigenvalue weighted by atomic mass is 10.1. The van der Waals surface area contributed by atoms with E-state index >= 15 is 0 Å². The summed E-state index contributed by atoms with van der Waals surface area (Å²) in [5.74, 6) is -0.165. The van der Waals surface area contributed by atoms with Gasteiger partial charge < -0.3 is 14.4 Å². The Bertz CT molecular complexity index is 470. The molecule has 0 aliphatic carbocycles. The van der Waals surface area contributed by atoms with Crippen LogP contribution in [0.25, 0.3) is 0 Å². The molecule has 1 N–H and O–H groups in total. The van der Waals surface area contributed by atoms with E-state index in [2.05, 4.69) is 0 Å². The summed E-state index contributed by atoms with van der Waals surface area (Å²) in [6.45, 7) is 4.47. The lowest BCUT2D eigenvalue weighted by Crippen LogP contribution is -2.40. The number of furan rings is 1. The van der Waals surface area contributed by atoms with Crippen LogP contribution in [0, 0.1) is 0 Å². The lowest BCUT2D eigenvalue weighted by Gasteiger charge is -2.19. The summed E-state index contributed by atoms with van der Waals surface area (Å²) in [5.41, 5.74) is 1.02. The topological polar surface area (TPSA) is 70.8 Å². The largest absolute Gasteiger partial charge is 0.480 e. The Balaban J connectivity index is 2.24. The van der Waals surface area contributed by atoms with Crippen LogP contribution in [0.3, 0.4) is 0 Å². The summed E-state index contributed by atoms with van der Waals surface area (Å²) in [7, 11) is 0. The zero-order valence-corrected chi connectivity index (χ0v) is 11.3. The van der Waals surface area contributed by atoms with Gasteiger partial charge in [-0.15, -0.1) is 0 Å². The van der Waals surface area contributed by atoms with E-state index in [4.69, 9.17) is 9.52 Å². The standard InChI is InChI=1S/C14H19NO4/c1-3-9-8-12(19-11(9)4-2)13(16)15-7-5-6-10(15)14(17)18/h8,10H,3-7H2,1-2H3,(H,17,18). The van der Waals surface area contributed by atoms with Crippen molar-refractivity contribution < 1.29 is 19.1 Å². The zero-order chi connectivity index (χ0) is 14.0. The van der Waals surface area contributed by atoms with E-state index < -0.39 is 12.0 Å². The van der Waals surface area contributed by atoms with Crippen molar-refractivity contribution >= 4 is 11.9 Å². The third-order valence-electron chi connectivity index (χ3n) is 3.61. The second kappa shape index (κ2) is 5.47. The van der Waals surface area contributed by atoms with Gasteiger partial charge >= 0.3 is 5.97 Å². The minimum Gasteiger partial charge on any atom is -0.480 e. The van der Waals surface area contributed by atoms with Gasteiger partial charge in [-0.05, 0) is 30.9 Å². The first kappa shape index (κ1) is 13.6. The van der Waals surface area contributed by atoms with Gasteiger partial charge in [0.25, 0.3) is 5.91 Å². The molecule has 19 heavy (non-hydrogen) atoms. The molecule has 1 fully saturated rings. The number of hydrogen-bond acceptors (Lipinski definition) is 3. The molecule has 0 spiro atoms. The van der Waals surface area contributed by atoms with Crippen molar-refractivity contribution in [2.75, 3.05) is 6.54 Å². The van der Waals surface area contributed by atoms with E-state index in [1.165, 1.54) is 4.90 Å². The molecule has 1 aromatic heterocycles. The summed E-state index contributed by atoms with van der Waals surface area (Å²) in [6.07, 6.45) is 2.79. The average Bonchev–Trinajstić information content (AvgIpc) is 3.03. The number of carboxylic acids is 1. The van der Waals surface area contributed by atoms with Crippen molar-refractivity contribution in [2.24, 2.45) is 0 Å². The van der Waals surface area contributed by atoms with Crippen molar-refractivity contribution in [3.8, 4) is 0 Å². The second-order valence-corrected chi connectivity index (χ2v) is 4.76. The van der Waals surface area contributed by atoms with Gasteiger partial charge in [0.05, 0.1) is 0 Å². The highest BCUT2D eigenvalue weighted by molar-refractivity contribution is 5.95. The Morgan fingerprint density at radius 1 is 1.42 bits per heavy atom. The molecule has 2 rings (SSSR count). The number of carbonyl (C=O) groups is 2. The van der Waals surface area contributed by atoms with Gasteiger partial charge in [-0.1, -0.05) is 13.8 Å². The summed E-state index contributed by atoms with van der Waals surface area (Å²) in [6, 6.07) is 1.03. The van der Waals surface area contributed by atoms with Crippen LogP contribution >= 0.6 is 0 Å². The van der Waals surface area contributed by atoms with Crippen molar-refractivity contribution in [2.45, 2.75) is 45.6 Å². The molecule has 2 heterocycles. The van der Waals surface area contributed by atoms with E-state index in [0.29, 0.717) is 13.0 Å². The number of aliphatic carboxylic acids is 1. The number of carboxylic acid groups (broad SMARTS) is 1. The molecule has 0 bridgehead atoms. The minimum absolute atomic E-state index is 0.266. The normalized spacial score (nSPS) is 18.8. The van der Waals surface area contributed by atoms with Crippen LogP contribution < -0.4 is 0 Å². The highest BCUT2D eigenvalue weighted by atomic mass is 16.4. The van der Waals surface area contributed by atoms with Gasteiger partial charge in [0.1, 0.15) is 11.8 Å². The van der Waals surface area contributed by atoms with Crippen LogP contribution in [0.4, 0.5) is 0 Å². The van der Waals surface area contributed by atoms with E-state index in [1.54, 1.807) is 6.07 Å². The predicted octanol–water partition coefficient (Wildman–Crippen LogP) is 2.09. The molecule has 0 aromatic carbocycles. The van der Waals surface area contributed by atoms with Gasteiger partial charge in [0, 0.05) is 13.0 Å². The molecule has 104 valence electrons. The maximum atomic E-state index is 12.3. The Labute approximate surface area is 112 Å². The first-order valence-electron chi connectivity index (χ1n) is 6.73. The van der Waals surface area contributed by atoms with Crippen molar-refractivity contribution in [1.82, 2.24) is 4.90 Å². The Morgan fingerprint density at radius 2 is 2.16 bits per heavy atom. The number of carbonyl (C=O) groups excluding carboxylic acids is 1. The molecule has 1 aliphatic heterocycles. The molecule has 1 atom stereocenters. The van der Waals surface area contributed by atoms with Gasteiger partial charge in [-0.2, -0.15) is 0 Å². The maximum absolute atomic E-state index is 12.3. The van der Waals surface area contributed by atoms with E-state index in [-0.39, 0.29) is 11.7 Å². The molecule has 1 saturated heterocycles. The number of rotatable bonds is 4. The third-order valence-corrected chi connectivity index (χ3v) is 3.61. The van der Waals surface area contributed by atoms with E-state index in [0.717, 1.165) is 30.6 Å². The van der Waals surface area contributed by atoms with Crippen LogP contribution in [-0.2, 0) is 17.6 Å². The zero-order valence-electron chi connectivity index (χ0n) is 11.3. The first-order chi connectivity index (χ1) is 9.08. The SMILES string of the molecule is CCc1cc(C(=O)N2CCCC2C(=O)O)oc1CC. The molecule has 0 saturated carbocycles. The van der Waals surface area contributed by atoms with Gasteiger partial charge in [0.2, 0.25) is 0 Å². The number of amides is 1. The van der Waals surface area contributed by atoms with Crippen LogP contribution in [0.2, 0.25) is 0 Å². The number of likely N-dealkylation sites (tertiary alicyclic amines) is 1. The molecular weight excluding hydrogens is 246 g/mol. The van der Waals surface area contributed by atoms with Crippen molar-refractivity contribution in [3.63, 3.8) is 0 Å². The number of hydrogen-bond donors (Lipinski definition) is 1. The fraction of sp³-hybridized carbons (Fsp3) is 0.571. The average molecular weight is 265 g/mol. The third kappa shape index (κ3) is 2.50. The molecule has 5 heteroatoms. The van der Waals surface area contributed by atoms with Crippen molar-refractivity contribution in [3.05, 3.63) is 23.2 Å². The molecule has 1 unspecified atom stereocenters. The molecule has 1 aromatic rings. The van der Waals surface area contributed by atoms with Crippen LogP contribution in [0.15, 0.2) is 10.5 Å². The lowest BCUT2D eigenvalue weighted by molar-refractivity contribution is -0.141. The smallest absolute Gasteiger partial charge is 0.326 e. The molecule has 1 aliphatic rings. The maximum Gasteiger partial charge on any atom is 0.326 e. The Hall–Kier alpha value is -1.78.